The number of aromatic nitrogens is 3. The topological polar surface area (TPSA) is 50.9 Å². The van der Waals surface area contributed by atoms with Crippen molar-refractivity contribution in [1.82, 2.24) is 15.0 Å². The quantitative estimate of drug-likeness (QED) is 0.870. The first-order valence-corrected chi connectivity index (χ1v) is 6.72. The molecule has 1 atom stereocenters. The number of aliphatic hydroxyl groups is 1. The van der Waals surface area contributed by atoms with Crippen LogP contribution in [-0.2, 0) is 13.5 Å². The molecule has 1 N–H and O–H groups in total. The molecule has 0 aromatic carbocycles. The summed E-state index contributed by atoms with van der Waals surface area (Å²) < 4.78 is 1.69. The minimum Gasteiger partial charge on any atom is -0.392 e. The third-order valence-corrected chi connectivity index (χ3v) is 4.08. The molecule has 0 saturated heterocycles. The lowest BCUT2D eigenvalue weighted by molar-refractivity contribution is 0.0727. The van der Waals surface area contributed by atoms with Crippen molar-refractivity contribution in [1.29, 1.82) is 0 Å². The second-order valence-electron chi connectivity index (χ2n) is 5.34. The van der Waals surface area contributed by atoms with Crippen molar-refractivity contribution < 1.29 is 5.11 Å². The van der Waals surface area contributed by atoms with E-state index >= 15 is 0 Å². The molecule has 0 spiro atoms. The minimum atomic E-state index is -0.246. The maximum Gasteiger partial charge on any atom is 0.0852 e. The molecular weight excluding hydrogens is 214 g/mol. The van der Waals surface area contributed by atoms with E-state index in [4.69, 9.17) is 0 Å². The van der Waals surface area contributed by atoms with E-state index in [2.05, 4.69) is 17.2 Å². The Hall–Kier alpha value is -0.900. The summed E-state index contributed by atoms with van der Waals surface area (Å²) >= 11 is 0. The standard InChI is InChI=1S/C13H23N3O/c1-3-10-4-6-11(7-5-10)13(17)8-12-9-16(2)15-14-12/h9-11,13,17H,3-8H2,1-2H3. The number of hydrogen-bond donors (Lipinski definition) is 1. The van der Waals surface area contributed by atoms with Gasteiger partial charge in [-0.05, 0) is 24.7 Å². The highest BCUT2D eigenvalue weighted by Gasteiger charge is 2.26. The Bertz CT molecular complexity index is 342. The van der Waals surface area contributed by atoms with Crippen LogP contribution in [0.5, 0.6) is 0 Å². The molecule has 1 fully saturated rings. The number of aliphatic hydroxyl groups excluding tert-OH is 1. The fraction of sp³-hybridized carbons (Fsp3) is 0.846. The largest absolute Gasteiger partial charge is 0.392 e. The molecule has 96 valence electrons. The Balaban J connectivity index is 1.82. The fourth-order valence-electron chi connectivity index (χ4n) is 2.85. The second-order valence-corrected chi connectivity index (χ2v) is 5.34. The Morgan fingerprint density at radius 3 is 2.65 bits per heavy atom. The van der Waals surface area contributed by atoms with Gasteiger partial charge in [0, 0.05) is 19.7 Å². The Morgan fingerprint density at radius 1 is 1.41 bits per heavy atom. The van der Waals surface area contributed by atoms with Gasteiger partial charge in [-0.1, -0.05) is 31.4 Å². The third kappa shape index (κ3) is 3.28. The number of aryl methyl sites for hydroxylation is 1. The highest BCUT2D eigenvalue weighted by Crippen LogP contribution is 2.33. The third-order valence-electron chi connectivity index (χ3n) is 4.08. The van der Waals surface area contributed by atoms with E-state index in [1.165, 1.54) is 32.1 Å². The van der Waals surface area contributed by atoms with Gasteiger partial charge in [0.2, 0.25) is 0 Å². The van der Waals surface area contributed by atoms with Gasteiger partial charge in [0.15, 0.2) is 0 Å². The summed E-state index contributed by atoms with van der Waals surface area (Å²) in [6.45, 7) is 2.26. The molecule has 1 heterocycles. The van der Waals surface area contributed by atoms with Crippen LogP contribution in [0.15, 0.2) is 6.20 Å². The zero-order chi connectivity index (χ0) is 12.3. The second kappa shape index (κ2) is 5.63. The van der Waals surface area contributed by atoms with Crippen molar-refractivity contribution in [2.75, 3.05) is 0 Å². The summed E-state index contributed by atoms with van der Waals surface area (Å²) in [4.78, 5) is 0. The lowest BCUT2D eigenvalue weighted by Crippen LogP contribution is -2.27. The first-order chi connectivity index (χ1) is 8.19. The van der Waals surface area contributed by atoms with Gasteiger partial charge in [-0.3, -0.25) is 4.68 Å². The molecule has 1 aromatic heterocycles. The van der Waals surface area contributed by atoms with E-state index in [0.717, 1.165) is 11.6 Å². The zero-order valence-corrected chi connectivity index (χ0v) is 10.8. The van der Waals surface area contributed by atoms with Crippen LogP contribution in [0.4, 0.5) is 0 Å². The van der Waals surface area contributed by atoms with Gasteiger partial charge in [0.25, 0.3) is 0 Å². The molecule has 0 radical (unpaired) electrons. The number of hydrogen-bond acceptors (Lipinski definition) is 3. The molecule has 1 aromatic rings. The monoisotopic (exact) mass is 237 g/mol. The highest BCUT2D eigenvalue weighted by molar-refractivity contribution is 4.95. The van der Waals surface area contributed by atoms with E-state index in [1.807, 2.05) is 13.2 Å². The average Bonchev–Trinajstić information content (AvgIpc) is 2.75. The molecule has 1 saturated carbocycles. The Labute approximate surface area is 103 Å². The first kappa shape index (κ1) is 12.6. The molecule has 1 aliphatic carbocycles. The van der Waals surface area contributed by atoms with Crippen molar-refractivity contribution in [3.05, 3.63) is 11.9 Å². The van der Waals surface area contributed by atoms with E-state index in [1.54, 1.807) is 4.68 Å². The predicted octanol–water partition coefficient (Wildman–Crippen LogP) is 1.93. The van der Waals surface area contributed by atoms with Crippen LogP contribution in [0.25, 0.3) is 0 Å². The van der Waals surface area contributed by atoms with Gasteiger partial charge < -0.3 is 5.11 Å². The SMILES string of the molecule is CCC1CCC(C(O)Cc2cn(C)nn2)CC1. The maximum absolute atomic E-state index is 10.2. The Morgan fingerprint density at radius 2 is 2.12 bits per heavy atom. The van der Waals surface area contributed by atoms with E-state index in [9.17, 15) is 5.11 Å². The normalized spacial score (nSPS) is 27.0. The minimum absolute atomic E-state index is 0.246. The molecule has 1 unspecified atom stereocenters. The van der Waals surface area contributed by atoms with Crippen molar-refractivity contribution in [3.8, 4) is 0 Å². The van der Waals surface area contributed by atoms with Crippen LogP contribution < -0.4 is 0 Å². The number of rotatable bonds is 4. The lowest BCUT2D eigenvalue weighted by Gasteiger charge is -2.30. The lowest BCUT2D eigenvalue weighted by atomic mass is 9.77. The van der Waals surface area contributed by atoms with Crippen molar-refractivity contribution in [2.45, 2.75) is 51.6 Å². The van der Waals surface area contributed by atoms with Crippen molar-refractivity contribution in [2.24, 2.45) is 18.9 Å². The predicted molar refractivity (Wildman–Crippen MR) is 66.5 cm³/mol. The summed E-state index contributed by atoms with van der Waals surface area (Å²) in [5.41, 5.74) is 0.901. The van der Waals surface area contributed by atoms with Gasteiger partial charge in [-0.2, -0.15) is 0 Å². The van der Waals surface area contributed by atoms with Crippen LogP contribution in [0, 0.1) is 11.8 Å². The molecule has 4 nitrogen and oxygen atoms in total. The van der Waals surface area contributed by atoms with Crippen LogP contribution in [0.1, 0.15) is 44.7 Å². The van der Waals surface area contributed by atoms with Gasteiger partial charge >= 0.3 is 0 Å². The van der Waals surface area contributed by atoms with E-state index in [0.29, 0.717) is 12.3 Å². The van der Waals surface area contributed by atoms with Crippen LogP contribution in [-0.4, -0.2) is 26.2 Å². The van der Waals surface area contributed by atoms with Gasteiger partial charge in [0.05, 0.1) is 11.8 Å². The highest BCUT2D eigenvalue weighted by atomic mass is 16.3. The number of nitrogens with zero attached hydrogens (tertiary/aromatic N) is 3. The molecule has 0 amide bonds. The van der Waals surface area contributed by atoms with Gasteiger partial charge in [-0.25, -0.2) is 0 Å². The smallest absolute Gasteiger partial charge is 0.0852 e. The molecule has 2 rings (SSSR count). The van der Waals surface area contributed by atoms with Crippen LogP contribution in [0.2, 0.25) is 0 Å². The molecule has 1 aliphatic rings. The van der Waals surface area contributed by atoms with E-state index < -0.39 is 0 Å². The summed E-state index contributed by atoms with van der Waals surface area (Å²) in [7, 11) is 1.86. The first-order valence-electron chi connectivity index (χ1n) is 6.72. The molecule has 17 heavy (non-hydrogen) atoms. The van der Waals surface area contributed by atoms with Crippen molar-refractivity contribution >= 4 is 0 Å². The van der Waals surface area contributed by atoms with Crippen molar-refractivity contribution in [3.63, 3.8) is 0 Å². The molecule has 0 aliphatic heterocycles. The molecule has 0 bridgehead atoms. The van der Waals surface area contributed by atoms with Crippen LogP contribution in [0.3, 0.4) is 0 Å². The molecular formula is C13H23N3O. The summed E-state index contributed by atoms with van der Waals surface area (Å²) in [6.07, 6.45) is 8.46. The molecule has 4 heteroatoms. The van der Waals surface area contributed by atoms with Crippen LogP contribution >= 0.6 is 0 Å². The maximum atomic E-state index is 10.2. The fourth-order valence-corrected chi connectivity index (χ4v) is 2.85. The Kier molecular flexibility index (Phi) is 4.15. The van der Waals surface area contributed by atoms with E-state index in [-0.39, 0.29) is 6.10 Å². The zero-order valence-electron chi connectivity index (χ0n) is 10.8. The van der Waals surface area contributed by atoms with Gasteiger partial charge in [0.1, 0.15) is 0 Å². The summed E-state index contributed by atoms with van der Waals surface area (Å²) in [6, 6.07) is 0. The summed E-state index contributed by atoms with van der Waals surface area (Å²) in [5, 5.41) is 18.1. The summed E-state index contributed by atoms with van der Waals surface area (Å²) in [5.74, 6) is 1.34. The average molecular weight is 237 g/mol. The van der Waals surface area contributed by atoms with Gasteiger partial charge in [-0.15, -0.1) is 5.10 Å².